The standard InChI is InChI=1S/C32H19Cl7N2O6/c1-15-2-4-18(5-3-15)29(46)47-20-12-8-16(9-13-20)21(42)14-40(26(43)17-6-10-19(33)11-7-17)41-27(44)22-23(28(41)45)31(37)25(35)24(34)30(22,36)32(31,38)39/h2-13,22-23H,14H2,1H3/t22-,23+,30-,31-/m1/s1. The first-order chi connectivity index (χ1) is 22.0. The van der Waals surface area contributed by atoms with Crippen LogP contribution >= 0.6 is 81.2 Å². The first-order valence-electron chi connectivity index (χ1n) is 13.7. The molecular formula is C32H19Cl7N2O6. The van der Waals surface area contributed by atoms with E-state index in [0.29, 0.717) is 20.6 Å². The van der Waals surface area contributed by atoms with Crippen molar-refractivity contribution in [2.24, 2.45) is 11.8 Å². The number of ketones is 1. The fourth-order valence-electron chi connectivity index (χ4n) is 5.98. The summed E-state index contributed by atoms with van der Waals surface area (Å²) in [5.74, 6) is -7.11. The van der Waals surface area contributed by atoms with Crippen LogP contribution in [0, 0.1) is 18.8 Å². The number of benzene rings is 3. The molecule has 0 radical (unpaired) electrons. The molecule has 0 aromatic heterocycles. The third kappa shape index (κ3) is 4.99. The second-order valence-corrected chi connectivity index (χ2v) is 14.9. The Balaban J connectivity index is 1.30. The molecular weight excluding hydrogens is 757 g/mol. The maximum atomic E-state index is 14.1. The zero-order valence-electron chi connectivity index (χ0n) is 23.8. The lowest BCUT2D eigenvalue weighted by atomic mass is 9.84. The van der Waals surface area contributed by atoms with Crippen molar-refractivity contribution >= 4 is 111 Å². The van der Waals surface area contributed by atoms with Crippen LogP contribution in [0.5, 0.6) is 5.75 Å². The summed E-state index contributed by atoms with van der Waals surface area (Å²) in [5.41, 5.74) is 1.38. The molecule has 1 saturated heterocycles. The molecule has 0 N–H and O–H groups in total. The average Bonchev–Trinajstić information content (AvgIpc) is 3.43. The molecule has 0 spiro atoms. The van der Waals surface area contributed by atoms with Crippen LogP contribution in [-0.4, -0.2) is 60.1 Å². The number of rotatable bonds is 7. The summed E-state index contributed by atoms with van der Waals surface area (Å²) in [4.78, 5) is 63.9. The summed E-state index contributed by atoms with van der Waals surface area (Å²) in [5, 5.41) is 0.903. The number of ether oxygens (including phenoxy) is 1. The smallest absolute Gasteiger partial charge is 0.343 e. The molecule has 3 aliphatic rings. The van der Waals surface area contributed by atoms with Gasteiger partial charge in [0.15, 0.2) is 10.1 Å². The van der Waals surface area contributed by atoms with Crippen molar-refractivity contribution in [3.05, 3.63) is 110 Å². The van der Waals surface area contributed by atoms with E-state index >= 15 is 0 Å². The van der Waals surface area contributed by atoms with Crippen LogP contribution in [0.1, 0.15) is 36.6 Å². The van der Waals surface area contributed by atoms with Gasteiger partial charge in [0.1, 0.15) is 22.0 Å². The number of aryl methyl sites for hydroxylation is 1. The van der Waals surface area contributed by atoms with Gasteiger partial charge < -0.3 is 4.74 Å². The number of esters is 1. The molecule has 6 rings (SSSR count). The van der Waals surface area contributed by atoms with Crippen LogP contribution in [0.3, 0.4) is 0 Å². The van der Waals surface area contributed by atoms with Gasteiger partial charge in [-0.3, -0.25) is 19.2 Å². The molecule has 3 aromatic rings. The Labute approximate surface area is 302 Å². The largest absolute Gasteiger partial charge is 0.423 e. The number of nitrogens with zero attached hydrogens (tertiary/aromatic N) is 2. The molecule has 3 amide bonds. The average molecular weight is 776 g/mol. The lowest BCUT2D eigenvalue weighted by molar-refractivity contribution is -0.154. The number of allylic oxidation sites excluding steroid dienone is 2. The molecule has 242 valence electrons. The van der Waals surface area contributed by atoms with Gasteiger partial charge in [-0.15, -0.1) is 23.2 Å². The first kappa shape index (κ1) is 34.1. The lowest BCUT2D eigenvalue weighted by Crippen LogP contribution is -2.56. The van der Waals surface area contributed by atoms with Gasteiger partial charge in [0.25, 0.3) is 17.7 Å². The number of carbonyl (C=O) groups excluding carboxylic acids is 5. The Morgan fingerprint density at radius 1 is 0.723 bits per heavy atom. The number of halogens is 7. The Hall–Kier alpha value is -2.82. The van der Waals surface area contributed by atoms with E-state index in [0.717, 1.165) is 5.56 Å². The monoisotopic (exact) mass is 772 g/mol. The second kappa shape index (κ2) is 11.9. The van der Waals surface area contributed by atoms with Crippen LogP contribution in [0.15, 0.2) is 82.9 Å². The van der Waals surface area contributed by atoms with Crippen molar-refractivity contribution in [2.45, 2.75) is 21.0 Å². The number of alkyl halides is 4. The van der Waals surface area contributed by atoms with E-state index in [-0.39, 0.29) is 26.9 Å². The minimum Gasteiger partial charge on any atom is -0.423 e. The maximum Gasteiger partial charge on any atom is 0.343 e. The zero-order valence-corrected chi connectivity index (χ0v) is 29.1. The van der Waals surface area contributed by atoms with Crippen LogP contribution < -0.4 is 4.74 Å². The number of Topliss-reactive ketones (excluding diaryl/α,β-unsaturated/α-hetero) is 1. The molecule has 1 heterocycles. The summed E-state index contributed by atoms with van der Waals surface area (Å²) >= 11 is 45.6. The van der Waals surface area contributed by atoms with Crippen LogP contribution in [0.4, 0.5) is 0 Å². The predicted octanol–water partition coefficient (Wildman–Crippen LogP) is 7.55. The predicted molar refractivity (Wildman–Crippen MR) is 179 cm³/mol. The number of imide groups is 1. The summed E-state index contributed by atoms with van der Waals surface area (Å²) in [6.07, 6.45) is 0. The molecule has 1 aliphatic heterocycles. The molecule has 15 heteroatoms. The van der Waals surface area contributed by atoms with Crippen LogP contribution in [0.25, 0.3) is 0 Å². The van der Waals surface area contributed by atoms with Gasteiger partial charge in [-0.05, 0) is 67.6 Å². The van der Waals surface area contributed by atoms with Crippen LogP contribution in [0.2, 0.25) is 5.02 Å². The molecule has 3 aromatic carbocycles. The Morgan fingerprint density at radius 2 is 1.19 bits per heavy atom. The van der Waals surface area contributed by atoms with E-state index in [1.807, 2.05) is 6.92 Å². The van der Waals surface area contributed by atoms with Crippen molar-refractivity contribution in [1.29, 1.82) is 0 Å². The normalized spacial score (nSPS) is 25.7. The molecule has 47 heavy (non-hydrogen) atoms. The summed E-state index contributed by atoms with van der Waals surface area (Å²) in [6, 6.07) is 17.9. The quantitative estimate of drug-likeness (QED) is 0.0808. The van der Waals surface area contributed by atoms with E-state index in [1.54, 1.807) is 24.3 Å². The highest BCUT2D eigenvalue weighted by molar-refractivity contribution is 6.66. The number of hydrogen-bond acceptors (Lipinski definition) is 6. The van der Waals surface area contributed by atoms with Gasteiger partial charge in [0.05, 0.1) is 27.5 Å². The molecule has 2 fully saturated rings. The Kier molecular flexibility index (Phi) is 8.66. The Bertz CT molecular complexity index is 1850. The van der Waals surface area contributed by atoms with Gasteiger partial charge in [0.2, 0.25) is 0 Å². The van der Waals surface area contributed by atoms with Crippen molar-refractivity contribution < 1.29 is 28.7 Å². The number of amides is 3. The van der Waals surface area contributed by atoms with E-state index < -0.39 is 61.9 Å². The third-order valence-electron chi connectivity index (χ3n) is 8.42. The minimum absolute atomic E-state index is 0.000550. The molecule has 2 aliphatic carbocycles. The summed E-state index contributed by atoms with van der Waals surface area (Å²) in [6.45, 7) is 1.10. The number of hydrazine groups is 1. The van der Waals surface area contributed by atoms with E-state index in [2.05, 4.69) is 0 Å². The van der Waals surface area contributed by atoms with E-state index in [4.69, 9.17) is 85.9 Å². The van der Waals surface area contributed by atoms with Gasteiger partial charge in [-0.25, -0.2) is 9.80 Å². The van der Waals surface area contributed by atoms with Crippen LogP contribution in [-0.2, 0) is 9.59 Å². The first-order valence-corrected chi connectivity index (χ1v) is 16.4. The van der Waals surface area contributed by atoms with Crippen molar-refractivity contribution in [3.63, 3.8) is 0 Å². The summed E-state index contributed by atoms with van der Waals surface area (Å²) < 4.78 is 3.21. The van der Waals surface area contributed by atoms with Gasteiger partial charge in [-0.1, -0.05) is 75.7 Å². The number of fused-ring (bicyclic) bond motifs is 5. The lowest BCUT2D eigenvalue weighted by Gasteiger charge is -2.36. The maximum absolute atomic E-state index is 14.1. The third-order valence-corrected chi connectivity index (χ3v) is 12.9. The molecule has 4 atom stereocenters. The number of hydrogen-bond donors (Lipinski definition) is 0. The molecule has 1 saturated carbocycles. The SMILES string of the molecule is Cc1ccc(C(=O)Oc2ccc(C(=O)CN(C(=O)c3ccc(Cl)cc3)N3C(=O)[C@@H]4[C@H](C3=O)[C@@]3(Cl)C(Cl)=C(Cl)[C@@]4(Cl)C3(Cl)Cl)cc2)cc1. The fourth-order valence-corrected chi connectivity index (χ4v) is 9.04. The topological polar surface area (TPSA) is 101 Å². The highest BCUT2D eigenvalue weighted by atomic mass is 35.5. The highest BCUT2D eigenvalue weighted by Gasteiger charge is 2.88. The van der Waals surface area contributed by atoms with Crippen molar-refractivity contribution in [3.8, 4) is 5.75 Å². The minimum atomic E-state index is -2.19. The second-order valence-electron chi connectivity index (χ2n) is 11.1. The van der Waals surface area contributed by atoms with Gasteiger partial charge in [-0.2, -0.15) is 5.01 Å². The van der Waals surface area contributed by atoms with E-state index in [9.17, 15) is 24.0 Å². The van der Waals surface area contributed by atoms with Crippen molar-refractivity contribution in [2.75, 3.05) is 6.54 Å². The molecule has 2 bridgehead atoms. The molecule has 8 nitrogen and oxygen atoms in total. The van der Waals surface area contributed by atoms with Crippen molar-refractivity contribution in [1.82, 2.24) is 10.0 Å². The zero-order chi connectivity index (χ0) is 34.2. The van der Waals surface area contributed by atoms with E-state index in [1.165, 1.54) is 48.5 Å². The van der Waals surface area contributed by atoms with Gasteiger partial charge in [0, 0.05) is 16.1 Å². The number of carbonyl (C=O) groups is 5. The Morgan fingerprint density at radius 3 is 1.70 bits per heavy atom. The van der Waals surface area contributed by atoms with Gasteiger partial charge >= 0.3 is 5.97 Å². The fraction of sp³-hybridized carbons (Fsp3) is 0.219. The summed E-state index contributed by atoms with van der Waals surface area (Å²) in [7, 11) is 0. The highest BCUT2D eigenvalue weighted by Crippen LogP contribution is 2.77. The molecule has 0 unspecified atom stereocenters.